The second kappa shape index (κ2) is 6.39. The fraction of sp³-hybridized carbons (Fsp3) is 0.438. The standard InChI is InChI=1S/C16H21Cl2N3/c1-11-19-8-14(9-20-16(2,3)4)21(11)10-12-7-13(17)5-6-15(12)18/h5-8,20H,9-10H2,1-4H3. The summed E-state index contributed by atoms with van der Waals surface area (Å²) in [6, 6.07) is 5.54. The van der Waals surface area contributed by atoms with Crippen LogP contribution in [-0.4, -0.2) is 15.1 Å². The summed E-state index contributed by atoms with van der Waals surface area (Å²) >= 11 is 12.3. The molecule has 0 bridgehead atoms. The first-order chi connectivity index (χ1) is 9.76. The molecule has 0 fully saturated rings. The fourth-order valence-electron chi connectivity index (χ4n) is 2.06. The third-order valence-electron chi connectivity index (χ3n) is 3.27. The predicted molar refractivity (Wildman–Crippen MR) is 89.1 cm³/mol. The zero-order valence-corrected chi connectivity index (χ0v) is 14.4. The number of halogens is 2. The molecule has 0 aliphatic carbocycles. The number of nitrogens with zero attached hydrogens (tertiary/aromatic N) is 2. The van der Waals surface area contributed by atoms with E-state index in [9.17, 15) is 0 Å². The van der Waals surface area contributed by atoms with Gasteiger partial charge in [0, 0.05) is 28.3 Å². The van der Waals surface area contributed by atoms with Crippen LogP contribution in [0.15, 0.2) is 24.4 Å². The van der Waals surface area contributed by atoms with Gasteiger partial charge in [-0.1, -0.05) is 23.2 Å². The normalized spacial score (nSPS) is 11.9. The van der Waals surface area contributed by atoms with E-state index in [1.165, 1.54) is 0 Å². The van der Waals surface area contributed by atoms with E-state index in [4.69, 9.17) is 23.2 Å². The van der Waals surface area contributed by atoms with Crippen molar-refractivity contribution in [2.75, 3.05) is 0 Å². The van der Waals surface area contributed by atoms with E-state index in [2.05, 4.69) is 35.6 Å². The number of imidazole rings is 1. The van der Waals surface area contributed by atoms with Crippen LogP contribution in [0.25, 0.3) is 0 Å². The zero-order valence-electron chi connectivity index (χ0n) is 12.9. The molecular weight excluding hydrogens is 305 g/mol. The third-order valence-corrected chi connectivity index (χ3v) is 3.88. The quantitative estimate of drug-likeness (QED) is 0.900. The van der Waals surface area contributed by atoms with Crippen LogP contribution in [0.5, 0.6) is 0 Å². The highest BCUT2D eigenvalue weighted by molar-refractivity contribution is 6.33. The first-order valence-electron chi connectivity index (χ1n) is 6.96. The van der Waals surface area contributed by atoms with Crippen molar-refractivity contribution in [3.8, 4) is 0 Å². The Kier molecular flexibility index (Phi) is 4.97. The summed E-state index contributed by atoms with van der Waals surface area (Å²) in [7, 11) is 0. The van der Waals surface area contributed by atoms with Gasteiger partial charge in [-0.05, 0) is 51.5 Å². The van der Waals surface area contributed by atoms with E-state index >= 15 is 0 Å². The van der Waals surface area contributed by atoms with E-state index < -0.39 is 0 Å². The molecule has 3 nitrogen and oxygen atoms in total. The summed E-state index contributed by atoms with van der Waals surface area (Å²) in [5, 5.41) is 4.90. The molecule has 0 amide bonds. The number of rotatable bonds is 4. The molecule has 0 radical (unpaired) electrons. The van der Waals surface area contributed by atoms with Crippen molar-refractivity contribution < 1.29 is 0 Å². The zero-order chi connectivity index (χ0) is 15.6. The lowest BCUT2D eigenvalue weighted by molar-refractivity contribution is 0.416. The molecule has 1 N–H and O–H groups in total. The lowest BCUT2D eigenvalue weighted by atomic mass is 10.1. The number of nitrogens with one attached hydrogen (secondary N) is 1. The minimum Gasteiger partial charge on any atom is -0.327 e. The maximum Gasteiger partial charge on any atom is 0.106 e. The summed E-state index contributed by atoms with van der Waals surface area (Å²) in [6.07, 6.45) is 1.91. The lowest BCUT2D eigenvalue weighted by Crippen LogP contribution is -2.35. The minimum absolute atomic E-state index is 0.0662. The Morgan fingerprint density at radius 1 is 1.24 bits per heavy atom. The molecule has 21 heavy (non-hydrogen) atoms. The average molecular weight is 326 g/mol. The first-order valence-corrected chi connectivity index (χ1v) is 7.72. The van der Waals surface area contributed by atoms with Gasteiger partial charge in [-0.2, -0.15) is 0 Å². The van der Waals surface area contributed by atoms with Gasteiger partial charge in [0.25, 0.3) is 0 Å². The van der Waals surface area contributed by atoms with E-state index in [1.54, 1.807) is 6.07 Å². The van der Waals surface area contributed by atoms with Gasteiger partial charge >= 0.3 is 0 Å². The van der Waals surface area contributed by atoms with Crippen LogP contribution in [0.3, 0.4) is 0 Å². The smallest absolute Gasteiger partial charge is 0.106 e. The highest BCUT2D eigenvalue weighted by atomic mass is 35.5. The van der Waals surface area contributed by atoms with Crippen molar-refractivity contribution >= 4 is 23.2 Å². The molecular formula is C16H21Cl2N3. The summed E-state index contributed by atoms with van der Waals surface area (Å²) in [4.78, 5) is 4.41. The van der Waals surface area contributed by atoms with Gasteiger partial charge in [-0.3, -0.25) is 0 Å². The van der Waals surface area contributed by atoms with Gasteiger partial charge in [-0.25, -0.2) is 4.98 Å². The van der Waals surface area contributed by atoms with Gasteiger partial charge in [0.05, 0.1) is 12.2 Å². The minimum atomic E-state index is 0.0662. The Morgan fingerprint density at radius 2 is 1.95 bits per heavy atom. The molecule has 2 aromatic rings. The van der Waals surface area contributed by atoms with Gasteiger partial charge in [0.2, 0.25) is 0 Å². The first kappa shape index (κ1) is 16.3. The Balaban J connectivity index is 2.23. The summed E-state index contributed by atoms with van der Waals surface area (Å²) in [5.74, 6) is 0.969. The van der Waals surface area contributed by atoms with Crippen molar-refractivity contribution in [2.45, 2.75) is 46.3 Å². The average Bonchev–Trinajstić information content (AvgIpc) is 2.72. The largest absolute Gasteiger partial charge is 0.327 e. The second-order valence-corrected chi connectivity index (χ2v) is 7.07. The van der Waals surface area contributed by atoms with Crippen LogP contribution in [0.4, 0.5) is 0 Å². The maximum atomic E-state index is 6.26. The summed E-state index contributed by atoms with van der Waals surface area (Å²) < 4.78 is 2.16. The van der Waals surface area contributed by atoms with Crippen LogP contribution in [0, 0.1) is 6.92 Å². The molecule has 0 atom stereocenters. The number of benzene rings is 1. The van der Waals surface area contributed by atoms with Crippen LogP contribution in [0.1, 0.15) is 37.9 Å². The van der Waals surface area contributed by atoms with E-state index in [0.717, 1.165) is 28.6 Å². The van der Waals surface area contributed by atoms with E-state index in [-0.39, 0.29) is 5.54 Å². The number of aromatic nitrogens is 2. The van der Waals surface area contributed by atoms with Gasteiger partial charge in [0.15, 0.2) is 0 Å². The predicted octanol–water partition coefficient (Wildman–Crippen LogP) is 4.43. The summed E-state index contributed by atoms with van der Waals surface area (Å²) in [6.45, 7) is 9.88. The molecule has 0 spiro atoms. The third kappa shape index (κ3) is 4.47. The Bertz CT molecular complexity index is 627. The van der Waals surface area contributed by atoms with Gasteiger partial charge in [0.1, 0.15) is 5.82 Å². The van der Waals surface area contributed by atoms with Crippen molar-refractivity contribution in [3.63, 3.8) is 0 Å². The Hall–Kier alpha value is -1.03. The topological polar surface area (TPSA) is 29.9 Å². The van der Waals surface area contributed by atoms with Crippen molar-refractivity contribution in [1.29, 1.82) is 0 Å². The molecule has 114 valence electrons. The SMILES string of the molecule is Cc1ncc(CNC(C)(C)C)n1Cc1cc(Cl)ccc1Cl. The number of aryl methyl sites for hydroxylation is 1. The summed E-state index contributed by atoms with van der Waals surface area (Å²) in [5.41, 5.74) is 2.21. The van der Waals surface area contributed by atoms with E-state index in [0.29, 0.717) is 11.6 Å². The van der Waals surface area contributed by atoms with Crippen LogP contribution >= 0.6 is 23.2 Å². The van der Waals surface area contributed by atoms with Gasteiger partial charge in [-0.15, -0.1) is 0 Å². The molecule has 0 saturated heterocycles. The van der Waals surface area contributed by atoms with Crippen molar-refractivity contribution in [1.82, 2.24) is 14.9 Å². The maximum absolute atomic E-state index is 6.26. The number of hydrogen-bond acceptors (Lipinski definition) is 2. The monoisotopic (exact) mass is 325 g/mol. The van der Waals surface area contributed by atoms with Crippen LogP contribution < -0.4 is 5.32 Å². The molecule has 5 heteroatoms. The highest BCUT2D eigenvalue weighted by Crippen LogP contribution is 2.22. The fourth-order valence-corrected chi connectivity index (χ4v) is 2.43. The highest BCUT2D eigenvalue weighted by Gasteiger charge is 2.13. The molecule has 0 unspecified atom stereocenters. The van der Waals surface area contributed by atoms with E-state index in [1.807, 2.05) is 25.3 Å². The van der Waals surface area contributed by atoms with Crippen molar-refractivity contribution in [3.05, 3.63) is 51.5 Å². The Labute approximate surface area is 136 Å². The molecule has 1 aromatic heterocycles. The molecule has 1 aromatic carbocycles. The van der Waals surface area contributed by atoms with Gasteiger partial charge < -0.3 is 9.88 Å². The molecule has 0 aliphatic rings. The van der Waals surface area contributed by atoms with Crippen LogP contribution in [-0.2, 0) is 13.1 Å². The van der Waals surface area contributed by atoms with Crippen molar-refractivity contribution in [2.24, 2.45) is 0 Å². The van der Waals surface area contributed by atoms with Crippen LogP contribution in [0.2, 0.25) is 10.0 Å². The lowest BCUT2D eigenvalue weighted by Gasteiger charge is -2.21. The molecule has 2 rings (SSSR count). The second-order valence-electron chi connectivity index (χ2n) is 6.22. The molecule has 1 heterocycles. The molecule has 0 aliphatic heterocycles. The molecule has 0 saturated carbocycles. The number of hydrogen-bond donors (Lipinski definition) is 1. The Morgan fingerprint density at radius 3 is 2.62 bits per heavy atom.